The van der Waals surface area contributed by atoms with Gasteiger partial charge < -0.3 is 19.5 Å². The Morgan fingerprint density at radius 2 is 1.88 bits per heavy atom. The highest BCUT2D eigenvalue weighted by atomic mass is 35.5. The number of halogens is 2. The molecule has 0 saturated heterocycles. The molecule has 4 rings (SSSR count). The van der Waals surface area contributed by atoms with Gasteiger partial charge in [0.15, 0.2) is 18.1 Å². The molecule has 10 heteroatoms. The van der Waals surface area contributed by atoms with Crippen LogP contribution in [0.3, 0.4) is 0 Å². The van der Waals surface area contributed by atoms with Crippen LogP contribution in [0.4, 0.5) is 0 Å². The van der Waals surface area contributed by atoms with Crippen molar-refractivity contribution in [1.82, 2.24) is 15.3 Å². The average molecular weight is 518 g/mol. The zero-order valence-corrected chi connectivity index (χ0v) is 20.8. The number of methoxy groups -OCH3 is 2. The summed E-state index contributed by atoms with van der Waals surface area (Å²) in [6.07, 6.45) is 2.00. The van der Waals surface area contributed by atoms with E-state index < -0.39 is 0 Å². The van der Waals surface area contributed by atoms with Gasteiger partial charge in [0.05, 0.1) is 19.6 Å². The normalized spacial score (nSPS) is 10.8. The second-order valence-corrected chi connectivity index (χ2v) is 8.90. The zero-order valence-electron chi connectivity index (χ0n) is 18.4. The topological polar surface area (TPSA) is 82.6 Å². The van der Waals surface area contributed by atoms with Crippen molar-refractivity contribution in [3.05, 3.63) is 63.7 Å². The van der Waals surface area contributed by atoms with E-state index >= 15 is 0 Å². The molecule has 0 fully saturated rings. The lowest BCUT2D eigenvalue weighted by atomic mass is 10.1. The maximum Gasteiger partial charge on any atom is 0.258 e. The predicted octanol–water partition coefficient (Wildman–Crippen LogP) is 5.42. The van der Waals surface area contributed by atoms with Crippen LogP contribution in [-0.2, 0) is 11.2 Å². The quantitative estimate of drug-likeness (QED) is 0.319. The molecule has 1 amide bonds. The van der Waals surface area contributed by atoms with Gasteiger partial charge in [-0.1, -0.05) is 35.3 Å². The van der Waals surface area contributed by atoms with Gasteiger partial charge >= 0.3 is 0 Å². The molecule has 0 radical (unpaired) electrons. The third kappa shape index (κ3) is 5.35. The Bertz CT molecular complexity index is 1330. The van der Waals surface area contributed by atoms with Gasteiger partial charge in [-0.25, -0.2) is 9.97 Å². The standard InChI is InChI=1S/C24H21Cl2N3O4S/c1-31-19-6-4-15(9-20(19)32-2)17-12-34-24-22(17)23(28-13-29-24)33-11-21(30)27-8-7-14-3-5-16(25)10-18(14)26/h3-6,9-10,12-13H,7-8,11H2,1-2H3,(H,27,30). The summed E-state index contributed by atoms with van der Waals surface area (Å²) in [5.41, 5.74) is 2.69. The molecule has 7 nitrogen and oxygen atoms in total. The Hall–Kier alpha value is -3.07. The first-order valence-electron chi connectivity index (χ1n) is 10.3. The Morgan fingerprint density at radius 1 is 1.06 bits per heavy atom. The summed E-state index contributed by atoms with van der Waals surface area (Å²) < 4.78 is 16.5. The van der Waals surface area contributed by atoms with Crippen LogP contribution in [0.15, 0.2) is 48.1 Å². The molecule has 0 atom stereocenters. The monoisotopic (exact) mass is 517 g/mol. The van der Waals surface area contributed by atoms with E-state index in [1.807, 2.05) is 29.6 Å². The molecule has 176 valence electrons. The van der Waals surface area contributed by atoms with Crippen LogP contribution < -0.4 is 19.5 Å². The first kappa shape index (κ1) is 24.1. The van der Waals surface area contributed by atoms with E-state index in [-0.39, 0.29) is 12.5 Å². The number of nitrogens with one attached hydrogen (secondary N) is 1. The molecule has 0 aliphatic heterocycles. The van der Waals surface area contributed by atoms with E-state index in [1.54, 1.807) is 26.4 Å². The molecule has 4 aromatic rings. The number of rotatable bonds is 9. The fourth-order valence-electron chi connectivity index (χ4n) is 3.42. The minimum atomic E-state index is -0.264. The van der Waals surface area contributed by atoms with Crippen LogP contribution in [0.25, 0.3) is 21.3 Å². The summed E-state index contributed by atoms with van der Waals surface area (Å²) in [4.78, 5) is 21.7. The number of carbonyl (C=O) groups excluding carboxylic acids is 1. The minimum absolute atomic E-state index is 0.179. The second kappa shape index (κ2) is 10.9. The molecule has 2 heterocycles. The number of hydrogen-bond donors (Lipinski definition) is 1. The Morgan fingerprint density at radius 3 is 2.65 bits per heavy atom. The van der Waals surface area contributed by atoms with Gasteiger partial charge in [-0.05, 0) is 41.8 Å². The number of benzene rings is 2. The number of thiophene rings is 1. The molecule has 0 saturated carbocycles. The molecule has 2 aromatic carbocycles. The van der Waals surface area contributed by atoms with Crippen molar-refractivity contribution in [1.29, 1.82) is 0 Å². The smallest absolute Gasteiger partial charge is 0.258 e. The van der Waals surface area contributed by atoms with Crippen LogP contribution in [0.2, 0.25) is 10.0 Å². The molecule has 1 N–H and O–H groups in total. The fourth-order valence-corrected chi connectivity index (χ4v) is 4.83. The van der Waals surface area contributed by atoms with Gasteiger partial charge in [-0.15, -0.1) is 11.3 Å². The Balaban J connectivity index is 1.45. The van der Waals surface area contributed by atoms with E-state index in [0.29, 0.717) is 40.4 Å². The summed E-state index contributed by atoms with van der Waals surface area (Å²) in [6.45, 7) is 0.236. The zero-order chi connectivity index (χ0) is 24.1. The summed E-state index contributed by atoms with van der Waals surface area (Å²) in [6, 6.07) is 10.9. The number of carbonyl (C=O) groups is 1. The molecule has 2 aromatic heterocycles. The maximum absolute atomic E-state index is 12.4. The third-order valence-corrected chi connectivity index (χ3v) is 6.57. The lowest BCUT2D eigenvalue weighted by Gasteiger charge is -2.11. The molecule has 34 heavy (non-hydrogen) atoms. The van der Waals surface area contributed by atoms with Gasteiger partial charge in [-0.3, -0.25) is 4.79 Å². The number of nitrogens with zero attached hydrogens (tertiary/aromatic N) is 2. The molecule has 0 spiro atoms. The molecule has 0 bridgehead atoms. The van der Waals surface area contributed by atoms with E-state index in [2.05, 4.69) is 15.3 Å². The number of ether oxygens (including phenoxy) is 3. The first-order chi connectivity index (χ1) is 16.5. The van der Waals surface area contributed by atoms with Crippen molar-refractivity contribution in [3.63, 3.8) is 0 Å². The van der Waals surface area contributed by atoms with Crippen molar-refractivity contribution >= 4 is 50.7 Å². The molecule has 0 unspecified atom stereocenters. The molecular weight excluding hydrogens is 497 g/mol. The van der Waals surface area contributed by atoms with Gasteiger partial charge in [-0.2, -0.15) is 0 Å². The van der Waals surface area contributed by atoms with Gasteiger partial charge in [0.2, 0.25) is 5.88 Å². The van der Waals surface area contributed by atoms with Gasteiger partial charge in [0.25, 0.3) is 5.91 Å². The second-order valence-electron chi connectivity index (χ2n) is 7.20. The third-order valence-electron chi connectivity index (χ3n) is 5.10. The Kier molecular flexibility index (Phi) is 7.72. The van der Waals surface area contributed by atoms with Crippen LogP contribution in [0.5, 0.6) is 17.4 Å². The molecule has 0 aliphatic rings. The summed E-state index contributed by atoms with van der Waals surface area (Å²) in [7, 11) is 3.18. The van der Waals surface area contributed by atoms with Crippen molar-refractivity contribution in [2.24, 2.45) is 0 Å². The summed E-state index contributed by atoms with van der Waals surface area (Å²) in [5.74, 6) is 1.32. The number of hydrogen-bond acceptors (Lipinski definition) is 7. The van der Waals surface area contributed by atoms with E-state index in [4.69, 9.17) is 37.4 Å². The fraction of sp³-hybridized carbons (Fsp3) is 0.208. The predicted molar refractivity (Wildman–Crippen MR) is 135 cm³/mol. The summed E-state index contributed by atoms with van der Waals surface area (Å²) in [5, 5.41) is 6.69. The first-order valence-corrected chi connectivity index (χ1v) is 11.9. The maximum atomic E-state index is 12.4. The van der Waals surface area contributed by atoms with E-state index in [0.717, 1.165) is 26.9 Å². The van der Waals surface area contributed by atoms with Crippen molar-refractivity contribution in [2.75, 3.05) is 27.4 Å². The van der Waals surface area contributed by atoms with E-state index in [9.17, 15) is 4.79 Å². The van der Waals surface area contributed by atoms with Crippen molar-refractivity contribution in [3.8, 4) is 28.5 Å². The lowest BCUT2D eigenvalue weighted by molar-refractivity contribution is -0.123. The van der Waals surface area contributed by atoms with Crippen LogP contribution >= 0.6 is 34.5 Å². The minimum Gasteiger partial charge on any atom is -0.493 e. The van der Waals surface area contributed by atoms with Gasteiger partial charge in [0, 0.05) is 27.5 Å². The van der Waals surface area contributed by atoms with Crippen molar-refractivity contribution < 1.29 is 19.0 Å². The highest BCUT2D eigenvalue weighted by Crippen LogP contribution is 2.40. The molecule has 0 aliphatic carbocycles. The lowest BCUT2D eigenvalue weighted by Crippen LogP contribution is -2.30. The largest absolute Gasteiger partial charge is 0.493 e. The number of fused-ring (bicyclic) bond motifs is 1. The van der Waals surface area contributed by atoms with Crippen LogP contribution in [0.1, 0.15) is 5.56 Å². The van der Waals surface area contributed by atoms with Crippen LogP contribution in [-0.4, -0.2) is 43.2 Å². The highest BCUT2D eigenvalue weighted by Gasteiger charge is 2.17. The van der Waals surface area contributed by atoms with Crippen molar-refractivity contribution in [2.45, 2.75) is 6.42 Å². The number of amides is 1. The Labute approximate surface area is 210 Å². The van der Waals surface area contributed by atoms with E-state index in [1.165, 1.54) is 17.7 Å². The highest BCUT2D eigenvalue weighted by molar-refractivity contribution is 7.17. The summed E-state index contributed by atoms with van der Waals surface area (Å²) >= 11 is 13.6. The SMILES string of the molecule is COc1ccc(-c2csc3ncnc(OCC(=O)NCCc4ccc(Cl)cc4Cl)c23)cc1OC. The van der Waals surface area contributed by atoms with Crippen LogP contribution in [0, 0.1) is 0 Å². The van der Waals surface area contributed by atoms with Gasteiger partial charge in [0.1, 0.15) is 11.2 Å². The number of aromatic nitrogens is 2. The molecular formula is C24H21Cl2N3O4S. The average Bonchev–Trinajstić information content (AvgIpc) is 3.28.